The molecule has 1 aromatic rings. The zero-order chi connectivity index (χ0) is 17.1. The fraction of sp³-hybridized carbons (Fsp3) is 0.611. The van der Waals surface area contributed by atoms with Crippen molar-refractivity contribution in [1.82, 2.24) is 5.32 Å². The molecule has 0 radical (unpaired) electrons. The summed E-state index contributed by atoms with van der Waals surface area (Å²) in [5.41, 5.74) is 7.31. The van der Waals surface area contributed by atoms with E-state index in [-0.39, 0.29) is 17.9 Å². The number of hydrogen-bond acceptors (Lipinski definition) is 4. The van der Waals surface area contributed by atoms with Gasteiger partial charge in [0.1, 0.15) is 0 Å². The normalized spacial score (nSPS) is 19.2. The minimum atomic E-state index is -0.881. The third kappa shape index (κ3) is 4.53. The third-order valence-corrected chi connectivity index (χ3v) is 4.45. The van der Waals surface area contributed by atoms with E-state index in [2.05, 4.69) is 26.1 Å². The van der Waals surface area contributed by atoms with Gasteiger partial charge in [0, 0.05) is 19.8 Å². The lowest BCUT2D eigenvalue weighted by atomic mass is 9.86. The first-order valence-corrected chi connectivity index (χ1v) is 8.16. The van der Waals surface area contributed by atoms with Crippen molar-refractivity contribution in [2.75, 3.05) is 19.8 Å². The van der Waals surface area contributed by atoms with Crippen LogP contribution in [0, 0.1) is 0 Å². The summed E-state index contributed by atoms with van der Waals surface area (Å²) in [6.45, 7) is 7.60. The SMILES string of the molecule is CC(C)(C)c1ccc(C(O)CNC(=O)C2(N)CCOCC2)cc1. The summed E-state index contributed by atoms with van der Waals surface area (Å²) in [6, 6.07) is 7.85. The van der Waals surface area contributed by atoms with Gasteiger partial charge in [-0.05, 0) is 29.4 Å². The molecule has 0 bridgehead atoms. The zero-order valence-electron chi connectivity index (χ0n) is 14.3. The number of carbonyl (C=O) groups is 1. The summed E-state index contributed by atoms with van der Waals surface area (Å²) >= 11 is 0. The molecule has 4 N–H and O–H groups in total. The summed E-state index contributed by atoms with van der Waals surface area (Å²) < 4.78 is 5.24. The van der Waals surface area contributed by atoms with Crippen molar-refractivity contribution < 1.29 is 14.6 Å². The van der Waals surface area contributed by atoms with Gasteiger partial charge in [-0.25, -0.2) is 0 Å². The Balaban J connectivity index is 1.91. The first kappa shape index (κ1) is 17.9. The molecule has 23 heavy (non-hydrogen) atoms. The summed E-state index contributed by atoms with van der Waals surface area (Å²) in [5, 5.41) is 13.0. The average molecular weight is 320 g/mol. The van der Waals surface area contributed by atoms with E-state index in [9.17, 15) is 9.90 Å². The zero-order valence-corrected chi connectivity index (χ0v) is 14.3. The van der Waals surface area contributed by atoms with Gasteiger partial charge in [0.25, 0.3) is 0 Å². The minimum Gasteiger partial charge on any atom is -0.387 e. The van der Waals surface area contributed by atoms with Crippen molar-refractivity contribution >= 4 is 5.91 Å². The predicted molar refractivity (Wildman–Crippen MR) is 90.1 cm³/mol. The first-order valence-electron chi connectivity index (χ1n) is 8.16. The average Bonchev–Trinajstić information content (AvgIpc) is 2.52. The van der Waals surface area contributed by atoms with Crippen LogP contribution in [0.4, 0.5) is 0 Å². The van der Waals surface area contributed by atoms with E-state index in [1.54, 1.807) is 0 Å². The Morgan fingerprint density at radius 3 is 2.39 bits per heavy atom. The third-order valence-electron chi connectivity index (χ3n) is 4.45. The van der Waals surface area contributed by atoms with Gasteiger partial charge in [-0.1, -0.05) is 45.0 Å². The molecular weight excluding hydrogens is 292 g/mol. The summed E-state index contributed by atoms with van der Waals surface area (Å²) in [6.07, 6.45) is 0.279. The van der Waals surface area contributed by atoms with Gasteiger partial charge < -0.3 is 20.9 Å². The van der Waals surface area contributed by atoms with Gasteiger partial charge in [0.05, 0.1) is 11.6 Å². The molecule has 1 aromatic carbocycles. The second kappa shape index (κ2) is 6.99. The Bertz CT molecular complexity index is 528. The Morgan fingerprint density at radius 1 is 1.30 bits per heavy atom. The second-order valence-corrected chi connectivity index (χ2v) is 7.37. The number of amides is 1. The number of carbonyl (C=O) groups excluding carboxylic acids is 1. The van der Waals surface area contributed by atoms with Gasteiger partial charge in [-0.3, -0.25) is 4.79 Å². The van der Waals surface area contributed by atoms with E-state index in [1.165, 1.54) is 5.56 Å². The predicted octanol–water partition coefficient (Wildman–Crippen LogP) is 1.64. The molecular formula is C18H28N2O3. The summed E-state index contributed by atoms with van der Waals surface area (Å²) in [5.74, 6) is -0.217. The molecule has 5 nitrogen and oxygen atoms in total. The molecule has 0 aromatic heterocycles. The quantitative estimate of drug-likeness (QED) is 0.787. The van der Waals surface area contributed by atoms with Gasteiger partial charge in [-0.2, -0.15) is 0 Å². The molecule has 2 rings (SSSR count). The maximum Gasteiger partial charge on any atom is 0.240 e. The van der Waals surface area contributed by atoms with Crippen molar-refractivity contribution in [1.29, 1.82) is 0 Å². The molecule has 1 atom stereocenters. The van der Waals surface area contributed by atoms with E-state index >= 15 is 0 Å². The lowest BCUT2D eigenvalue weighted by Gasteiger charge is -2.32. The Labute approximate surface area is 138 Å². The Hall–Kier alpha value is -1.43. The highest BCUT2D eigenvalue weighted by atomic mass is 16.5. The maximum absolute atomic E-state index is 12.2. The van der Waals surface area contributed by atoms with E-state index in [1.807, 2.05) is 24.3 Å². The molecule has 0 saturated carbocycles. The van der Waals surface area contributed by atoms with Gasteiger partial charge in [0.2, 0.25) is 5.91 Å². The second-order valence-electron chi connectivity index (χ2n) is 7.37. The molecule has 0 aliphatic carbocycles. The molecule has 1 aliphatic rings. The molecule has 5 heteroatoms. The van der Waals surface area contributed by atoms with Crippen molar-refractivity contribution in [2.45, 2.75) is 50.7 Å². The molecule has 0 spiro atoms. The van der Waals surface area contributed by atoms with Crippen molar-refractivity contribution in [2.24, 2.45) is 5.73 Å². The maximum atomic E-state index is 12.2. The van der Waals surface area contributed by atoms with Crippen LogP contribution in [-0.4, -0.2) is 36.3 Å². The molecule has 1 amide bonds. The van der Waals surface area contributed by atoms with Crippen LogP contribution in [0.15, 0.2) is 24.3 Å². The van der Waals surface area contributed by atoms with Crippen molar-refractivity contribution in [3.05, 3.63) is 35.4 Å². The fourth-order valence-electron chi connectivity index (χ4n) is 2.65. The number of aliphatic hydroxyl groups is 1. The number of nitrogens with two attached hydrogens (primary N) is 1. The minimum absolute atomic E-state index is 0.0761. The largest absolute Gasteiger partial charge is 0.387 e. The Morgan fingerprint density at radius 2 is 1.87 bits per heavy atom. The first-order chi connectivity index (χ1) is 10.7. The molecule has 1 heterocycles. The van der Waals surface area contributed by atoms with E-state index in [0.29, 0.717) is 26.1 Å². The van der Waals surface area contributed by atoms with Gasteiger partial charge >= 0.3 is 0 Å². The van der Waals surface area contributed by atoms with Crippen molar-refractivity contribution in [3.8, 4) is 0 Å². The Kier molecular flexibility index (Phi) is 5.45. The van der Waals surface area contributed by atoms with Crippen LogP contribution >= 0.6 is 0 Å². The number of hydrogen-bond donors (Lipinski definition) is 3. The highest BCUT2D eigenvalue weighted by Crippen LogP contribution is 2.24. The highest BCUT2D eigenvalue weighted by molar-refractivity contribution is 5.86. The fourth-order valence-corrected chi connectivity index (χ4v) is 2.65. The van der Waals surface area contributed by atoms with Crippen LogP contribution in [-0.2, 0) is 14.9 Å². The molecule has 1 aliphatic heterocycles. The molecule has 128 valence electrons. The van der Waals surface area contributed by atoms with E-state index in [4.69, 9.17) is 10.5 Å². The van der Waals surface area contributed by atoms with E-state index < -0.39 is 11.6 Å². The van der Waals surface area contributed by atoms with Gasteiger partial charge in [-0.15, -0.1) is 0 Å². The number of rotatable bonds is 4. The smallest absolute Gasteiger partial charge is 0.240 e. The molecule has 1 saturated heterocycles. The summed E-state index contributed by atoms with van der Waals surface area (Å²) in [7, 11) is 0. The highest BCUT2D eigenvalue weighted by Gasteiger charge is 2.35. The number of benzene rings is 1. The van der Waals surface area contributed by atoms with E-state index in [0.717, 1.165) is 5.56 Å². The van der Waals surface area contributed by atoms with Crippen LogP contribution in [0.5, 0.6) is 0 Å². The molecule has 1 fully saturated rings. The monoisotopic (exact) mass is 320 g/mol. The summed E-state index contributed by atoms with van der Waals surface area (Å²) in [4.78, 5) is 12.2. The molecule has 1 unspecified atom stereocenters. The van der Waals surface area contributed by atoms with Crippen molar-refractivity contribution in [3.63, 3.8) is 0 Å². The van der Waals surface area contributed by atoms with Crippen LogP contribution < -0.4 is 11.1 Å². The lowest BCUT2D eigenvalue weighted by molar-refractivity contribution is -0.130. The van der Waals surface area contributed by atoms with Crippen LogP contribution in [0.3, 0.4) is 0 Å². The lowest BCUT2D eigenvalue weighted by Crippen LogP contribution is -2.57. The van der Waals surface area contributed by atoms with Gasteiger partial charge in [0.15, 0.2) is 0 Å². The standard InChI is InChI=1S/C18H28N2O3/c1-17(2,3)14-6-4-13(5-7-14)15(21)12-20-16(22)18(19)8-10-23-11-9-18/h4-7,15,21H,8-12,19H2,1-3H3,(H,20,22). The number of ether oxygens (including phenoxy) is 1. The number of nitrogens with one attached hydrogen (secondary N) is 1. The number of aliphatic hydroxyl groups excluding tert-OH is 1. The van der Waals surface area contributed by atoms with Crippen LogP contribution in [0.25, 0.3) is 0 Å². The topological polar surface area (TPSA) is 84.6 Å². The van der Waals surface area contributed by atoms with Crippen LogP contribution in [0.2, 0.25) is 0 Å². The van der Waals surface area contributed by atoms with Crippen LogP contribution in [0.1, 0.15) is 50.8 Å².